The first-order valence-corrected chi connectivity index (χ1v) is 12.7. The first-order valence-electron chi connectivity index (χ1n) is 10.3. The number of carbonyl (C=O) groups is 2. The van der Waals surface area contributed by atoms with E-state index in [-0.39, 0.29) is 37.7 Å². The van der Waals surface area contributed by atoms with Crippen LogP contribution < -0.4 is 5.32 Å². The molecule has 2 heterocycles. The Balaban J connectivity index is 1.50. The highest BCUT2D eigenvalue weighted by Crippen LogP contribution is 2.26. The van der Waals surface area contributed by atoms with Crippen LogP contribution in [0.5, 0.6) is 0 Å². The van der Waals surface area contributed by atoms with Crippen LogP contribution in [-0.2, 0) is 26.2 Å². The van der Waals surface area contributed by atoms with Crippen LogP contribution in [0.3, 0.4) is 0 Å². The van der Waals surface area contributed by atoms with Crippen molar-refractivity contribution in [2.45, 2.75) is 45.1 Å². The van der Waals surface area contributed by atoms with Crippen molar-refractivity contribution < 1.29 is 18.0 Å². The molecule has 1 saturated heterocycles. The second kappa shape index (κ2) is 9.93. The second-order valence-corrected chi connectivity index (χ2v) is 10.8. The molecule has 7 nitrogen and oxygen atoms in total. The maximum absolute atomic E-state index is 13.2. The fourth-order valence-corrected chi connectivity index (χ4v) is 6.42. The van der Waals surface area contributed by atoms with Gasteiger partial charge in [-0.25, -0.2) is 8.42 Å². The minimum absolute atomic E-state index is 0.119. The third kappa shape index (κ3) is 5.72. The lowest BCUT2D eigenvalue weighted by atomic mass is 10.1. The summed E-state index contributed by atoms with van der Waals surface area (Å²) < 4.78 is 27.8. The van der Waals surface area contributed by atoms with Gasteiger partial charge in [-0.2, -0.15) is 4.31 Å². The van der Waals surface area contributed by atoms with Gasteiger partial charge in [-0.15, -0.1) is 11.3 Å². The lowest BCUT2D eigenvalue weighted by Crippen LogP contribution is -2.50. The average molecular weight is 464 g/mol. The van der Waals surface area contributed by atoms with Gasteiger partial charge in [0, 0.05) is 43.9 Å². The molecule has 2 aromatic rings. The Labute approximate surface area is 188 Å². The van der Waals surface area contributed by atoms with E-state index in [1.54, 1.807) is 16.2 Å². The summed E-state index contributed by atoms with van der Waals surface area (Å²) in [7, 11) is -3.61. The number of rotatable bonds is 7. The number of aryl methyl sites for hydroxylation is 3. The highest BCUT2D eigenvalue weighted by atomic mass is 32.2. The summed E-state index contributed by atoms with van der Waals surface area (Å²) in [6.07, 6.45) is 0.254. The van der Waals surface area contributed by atoms with Gasteiger partial charge < -0.3 is 10.2 Å². The predicted molar refractivity (Wildman–Crippen MR) is 121 cm³/mol. The predicted octanol–water partition coefficient (Wildman–Crippen LogP) is 2.60. The smallest absolute Gasteiger partial charge is 0.243 e. The van der Waals surface area contributed by atoms with Crippen molar-refractivity contribution in [3.05, 3.63) is 51.2 Å². The van der Waals surface area contributed by atoms with Crippen LogP contribution in [0.2, 0.25) is 0 Å². The molecule has 31 heavy (non-hydrogen) atoms. The number of hydrogen-bond acceptors (Lipinski definition) is 5. The van der Waals surface area contributed by atoms with Gasteiger partial charge in [0.15, 0.2) is 0 Å². The molecule has 0 bridgehead atoms. The Kier molecular flexibility index (Phi) is 7.51. The molecular weight excluding hydrogens is 434 g/mol. The number of amides is 2. The summed E-state index contributed by atoms with van der Waals surface area (Å²) in [6.45, 7) is 7.23. The Morgan fingerprint density at radius 2 is 1.68 bits per heavy atom. The van der Waals surface area contributed by atoms with Crippen LogP contribution in [0.15, 0.2) is 34.5 Å². The molecule has 9 heteroatoms. The van der Waals surface area contributed by atoms with E-state index >= 15 is 0 Å². The normalized spacial score (nSPS) is 15.1. The molecule has 1 aliphatic rings. The lowest BCUT2D eigenvalue weighted by molar-refractivity contribution is -0.134. The fraction of sp³-hybridized carbons (Fsp3) is 0.455. The molecule has 168 valence electrons. The number of sulfonamides is 1. The van der Waals surface area contributed by atoms with Crippen LogP contribution in [0.4, 0.5) is 0 Å². The van der Waals surface area contributed by atoms with Crippen LogP contribution in [0.25, 0.3) is 0 Å². The molecule has 1 N–H and O–H groups in total. The standard InChI is InChI=1S/C22H29N3O4S2/c1-16-13-17(2)22(18(3)14-16)31(28,29)25-10-8-24(9-11-25)21(27)7-6-20(26)23-15-19-5-4-12-30-19/h4-5,12-14H,6-11,15H2,1-3H3,(H,23,26). The molecule has 1 fully saturated rings. The van der Waals surface area contributed by atoms with E-state index in [2.05, 4.69) is 5.32 Å². The minimum Gasteiger partial charge on any atom is -0.351 e. The quantitative estimate of drug-likeness (QED) is 0.684. The van der Waals surface area contributed by atoms with E-state index in [4.69, 9.17) is 0 Å². The summed E-state index contributed by atoms with van der Waals surface area (Å²) in [6, 6.07) is 7.63. The van der Waals surface area contributed by atoms with Gasteiger partial charge in [0.25, 0.3) is 0 Å². The molecule has 1 aromatic carbocycles. The Bertz CT molecular complexity index is 1020. The molecule has 2 amide bonds. The van der Waals surface area contributed by atoms with Crippen LogP contribution >= 0.6 is 11.3 Å². The van der Waals surface area contributed by atoms with Gasteiger partial charge in [0.05, 0.1) is 11.4 Å². The highest BCUT2D eigenvalue weighted by molar-refractivity contribution is 7.89. The Hall–Kier alpha value is -2.23. The molecule has 0 saturated carbocycles. The number of piperazine rings is 1. The number of hydrogen-bond donors (Lipinski definition) is 1. The summed E-state index contributed by atoms with van der Waals surface area (Å²) in [5.41, 5.74) is 2.51. The summed E-state index contributed by atoms with van der Waals surface area (Å²) in [5, 5.41) is 4.77. The Morgan fingerprint density at radius 1 is 1.03 bits per heavy atom. The average Bonchev–Trinajstić information content (AvgIpc) is 3.23. The van der Waals surface area contributed by atoms with Crippen molar-refractivity contribution in [2.24, 2.45) is 0 Å². The summed E-state index contributed by atoms with van der Waals surface area (Å²) in [4.78, 5) is 27.5. The third-order valence-corrected chi connectivity index (χ3v) is 8.48. The van der Waals surface area contributed by atoms with Crippen molar-refractivity contribution in [1.29, 1.82) is 0 Å². The summed E-state index contributed by atoms with van der Waals surface area (Å²) in [5.74, 6) is -0.278. The van der Waals surface area contributed by atoms with Crippen LogP contribution in [0.1, 0.15) is 34.4 Å². The van der Waals surface area contributed by atoms with Crippen LogP contribution in [0, 0.1) is 20.8 Å². The minimum atomic E-state index is -3.61. The van der Waals surface area contributed by atoms with Crippen molar-refractivity contribution in [3.8, 4) is 0 Å². The molecule has 1 aromatic heterocycles. The Morgan fingerprint density at radius 3 is 2.26 bits per heavy atom. The zero-order valence-corrected chi connectivity index (χ0v) is 19.8. The van der Waals surface area contributed by atoms with E-state index in [0.717, 1.165) is 21.6 Å². The van der Waals surface area contributed by atoms with Gasteiger partial charge in [-0.05, 0) is 43.3 Å². The monoisotopic (exact) mass is 463 g/mol. The first-order chi connectivity index (χ1) is 14.7. The molecule has 0 radical (unpaired) electrons. The number of nitrogens with one attached hydrogen (secondary N) is 1. The molecule has 0 spiro atoms. The first kappa shape index (κ1) is 23.4. The van der Waals surface area contributed by atoms with E-state index < -0.39 is 10.0 Å². The lowest BCUT2D eigenvalue weighted by Gasteiger charge is -2.34. The number of carbonyl (C=O) groups excluding carboxylic acids is 2. The van der Waals surface area contributed by atoms with E-state index in [1.165, 1.54) is 4.31 Å². The SMILES string of the molecule is Cc1cc(C)c(S(=O)(=O)N2CCN(C(=O)CCC(=O)NCc3cccs3)CC2)c(C)c1. The molecule has 0 aliphatic carbocycles. The maximum Gasteiger partial charge on any atom is 0.243 e. The second-order valence-electron chi connectivity index (χ2n) is 7.87. The largest absolute Gasteiger partial charge is 0.351 e. The number of nitrogens with zero attached hydrogens (tertiary/aromatic N) is 2. The third-order valence-electron chi connectivity index (χ3n) is 5.40. The molecular formula is C22H29N3O4S2. The van der Waals surface area contributed by atoms with E-state index in [1.807, 2.05) is 50.4 Å². The van der Waals surface area contributed by atoms with Gasteiger partial charge in [-0.1, -0.05) is 23.8 Å². The van der Waals surface area contributed by atoms with Gasteiger partial charge in [0.2, 0.25) is 21.8 Å². The van der Waals surface area contributed by atoms with Gasteiger partial charge in [0.1, 0.15) is 0 Å². The molecule has 0 unspecified atom stereocenters. The maximum atomic E-state index is 13.2. The summed E-state index contributed by atoms with van der Waals surface area (Å²) >= 11 is 1.57. The van der Waals surface area contributed by atoms with E-state index in [9.17, 15) is 18.0 Å². The van der Waals surface area contributed by atoms with Crippen LogP contribution in [-0.4, -0.2) is 55.6 Å². The van der Waals surface area contributed by atoms with Crippen molar-refractivity contribution in [2.75, 3.05) is 26.2 Å². The van der Waals surface area contributed by atoms with Gasteiger partial charge >= 0.3 is 0 Å². The fourth-order valence-electron chi connectivity index (χ4n) is 3.95. The zero-order valence-electron chi connectivity index (χ0n) is 18.2. The number of thiophene rings is 1. The number of benzene rings is 1. The molecule has 3 rings (SSSR count). The van der Waals surface area contributed by atoms with Crippen molar-refractivity contribution >= 4 is 33.2 Å². The van der Waals surface area contributed by atoms with Crippen molar-refractivity contribution in [3.63, 3.8) is 0 Å². The van der Waals surface area contributed by atoms with Gasteiger partial charge in [-0.3, -0.25) is 9.59 Å². The topological polar surface area (TPSA) is 86.8 Å². The van der Waals surface area contributed by atoms with Crippen molar-refractivity contribution in [1.82, 2.24) is 14.5 Å². The molecule has 1 aliphatic heterocycles. The zero-order chi connectivity index (χ0) is 22.6. The van der Waals surface area contributed by atoms with E-state index in [0.29, 0.717) is 24.5 Å². The highest BCUT2D eigenvalue weighted by Gasteiger charge is 2.32. The molecule has 0 atom stereocenters.